The highest BCUT2D eigenvalue weighted by atomic mass is 32.2. The molecule has 4 aromatic rings. The smallest absolute Gasteiger partial charge is 0.261 e. The van der Waals surface area contributed by atoms with Crippen LogP contribution in [0.25, 0.3) is 10.8 Å². The van der Waals surface area contributed by atoms with E-state index in [-0.39, 0.29) is 9.79 Å². The molecule has 2 N–H and O–H groups in total. The Morgan fingerprint density at radius 2 is 0.867 bits per heavy atom. The summed E-state index contributed by atoms with van der Waals surface area (Å²) in [6.07, 6.45) is 0. The molecule has 0 aliphatic carbocycles. The lowest BCUT2D eigenvalue weighted by atomic mass is 10.1. The quantitative estimate of drug-likeness (QED) is 0.465. The van der Waals surface area contributed by atoms with E-state index in [1.165, 1.54) is 24.3 Å². The lowest BCUT2D eigenvalue weighted by molar-refractivity contribution is 0.600. The van der Waals surface area contributed by atoms with Gasteiger partial charge < -0.3 is 0 Å². The molecule has 30 heavy (non-hydrogen) atoms. The largest absolute Gasteiger partial charge is 0.280 e. The van der Waals surface area contributed by atoms with Gasteiger partial charge in [-0.05, 0) is 59.3 Å². The third-order valence-electron chi connectivity index (χ3n) is 4.46. The van der Waals surface area contributed by atoms with Crippen LogP contribution in [0.2, 0.25) is 0 Å². The van der Waals surface area contributed by atoms with Gasteiger partial charge in [0.25, 0.3) is 20.0 Å². The van der Waals surface area contributed by atoms with Crippen LogP contribution < -0.4 is 9.44 Å². The zero-order valence-corrected chi connectivity index (χ0v) is 17.3. The predicted molar refractivity (Wildman–Crippen MR) is 118 cm³/mol. The van der Waals surface area contributed by atoms with Crippen molar-refractivity contribution in [1.82, 2.24) is 0 Å². The Morgan fingerprint density at radius 3 is 1.27 bits per heavy atom. The normalized spacial score (nSPS) is 11.9. The van der Waals surface area contributed by atoms with Gasteiger partial charge in [0.15, 0.2) is 0 Å². The number of rotatable bonds is 6. The summed E-state index contributed by atoms with van der Waals surface area (Å²) < 4.78 is 55.9. The number of para-hydroxylation sites is 2. The Morgan fingerprint density at radius 1 is 0.467 bits per heavy atom. The Hall–Kier alpha value is -3.36. The summed E-state index contributed by atoms with van der Waals surface area (Å²) in [5, 5.41) is 1.23. The Labute approximate surface area is 175 Å². The summed E-state index contributed by atoms with van der Waals surface area (Å²) >= 11 is 0. The van der Waals surface area contributed by atoms with Crippen molar-refractivity contribution in [3.63, 3.8) is 0 Å². The van der Waals surface area contributed by atoms with Crippen LogP contribution in [0.4, 0.5) is 11.4 Å². The van der Waals surface area contributed by atoms with Crippen LogP contribution in [0.15, 0.2) is 107 Å². The summed E-state index contributed by atoms with van der Waals surface area (Å²) in [6, 6.07) is 26.3. The molecule has 6 nitrogen and oxygen atoms in total. The zero-order chi connectivity index (χ0) is 21.2. The van der Waals surface area contributed by atoms with Crippen LogP contribution >= 0.6 is 0 Å². The fourth-order valence-corrected chi connectivity index (χ4v) is 5.16. The molecule has 0 saturated heterocycles. The first-order valence-electron chi connectivity index (χ1n) is 9.03. The first-order chi connectivity index (χ1) is 14.3. The highest BCUT2D eigenvalue weighted by Crippen LogP contribution is 2.25. The van der Waals surface area contributed by atoms with Gasteiger partial charge in [0.05, 0.1) is 9.79 Å². The number of nitrogens with one attached hydrogen (secondary N) is 2. The van der Waals surface area contributed by atoms with Gasteiger partial charge in [-0.1, -0.05) is 48.5 Å². The van der Waals surface area contributed by atoms with Gasteiger partial charge in [0.2, 0.25) is 0 Å². The third-order valence-corrected chi connectivity index (χ3v) is 7.21. The van der Waals surface area contributed by atoms with Gasteiger partial charge in [-0.25, -0.2) is 16.8 Å². The summed E-state index contributed by atoms with van der Waals surface area (Å²) in [5.74, 6) is 0. The van der Waals surface area contributed by atoms with Crippen molar-refractivity contribution in [2.45, 2.75) is 9.79 Å². The molecule has 0 spiro atoms. The van der Waals surface area contributed by atoms with Gasteiger partial charge in [-0.3, -0.25) is 9.44 Å². The standard InChI is InChI=1S/C22H18N2O4S2/c25-29(26,23-19-7-3-1-4-8-19)21-13-11-17-12-14-22(16-18(17)15-21)30(27,28)24-20-9-5-2-6-10-20/h1-16,23-24H. The lowest BCUT2D eigenvalue weighted by Crippen LogP contribution is -2.13. The average molecular weight is 439 g/mol. The van der Waals surface area contributed by atoms with Crippen LogP contribution in [-0.4, -0.2) is 16.8 Å². The van der Waals surface area contributed by atoms with Crippen LogP contribution in [0.1, 0.15) is 0 Å². The van der Waals surface area contributed by atoms with Gasteiger partial charge in [-0.2, -0.15) is 0 Å². The van der Waals surface area contributed by atoms with Gasteiger partial charge in [-0.15, -0.1) is 0 Å². The first kappa shape index (κ1) is 19.9. The summed E-state index contributed by atoms with van der Waals surface area (Å²) in [4.78, 5) is 0.0915. The molecule has 0 aliphatic rings. The van der Waals surface area contributed by atoms with E-state index in [4.69, 9.17) is 0 Å². The molecule has 0 heterocycles. The molecule has 0 radical (unpaired) electrons. The molecular formula is C22H18N2O4S2. The van der Waals surface area contributed by atoms with Crippen LogP contribution in [0.3, 0.4) is 0 Å². The molecule has 4 aromatic carbocycles. The average Bonchev–Trinajstić information content (AvgIpc) is 2.74. The zero-order valence-electron chi connectivity index (χ0n) is 15.7. The molecule has 0 atom stereocenters. The molecular weight excluding hydrogens is 420 g/mol. The number of anilines is 2. The number of hydrogen-bond donors (Lipinski definition) is 2. The fraction of sp³-hybridized carbons (Fsp3) is 0. The summed E-state index contributed by atoms with van der Waals surface area (Å²) in [7, 11) is -7.63. The highest BCUT2D eigenvalue weighted by Gasteiger charge is 2.17. The van der Waals surface area contributed by atoms with Gasteiger partial charge >= 0.3 is 0 Å². The number of benzene rings is 4. The highest BCUT2D eigenvalue weighted by molar-refractivity contribution is 7.93. The van der Waals surface area contributed by atoms with Crippen molar-refractivity contribution in [3.8, 4) is 0 Å². The maximum absolute atomic E-state index is 12.7. The SMILES string of the molecule is O=S(=O)(Nc1ccccc1)c1ccc2ccc(S(=O)(=O)Nc3ccccc3)cc2c1. The minimum absolute atomic E-state index is 0.0458. The lowest BCUT2D eigenvalue weighted by Gasteiger charge is -2.11. The summed E-state index contributed by atoms with van der Waals surface area (Å²) in [5.41, 5.74) is 0.891. The van der Waals surface area contributed by atoms with Crippen molar-refractivity contribution in [1.29, 1.82) is 0 Å². The van der Waals surface area contributed by atoms with Crippen molar-refractivity contribution >= 4 is 42.2 Å². The minimum Gasteiger partial charge on any atom is -0.280 e. The van der Waals surface area contributed by atoms with E-state index >= 15 is 0 Å². The Balaban J connectivity index is 1.69. The van der Waals surface area contributed by atoms with Crippen LogP contribution in [0.5, 0.6) is 0 Å². The van der Waals surface area contributed by atoms with E-state index in [1.54, 1.807) is 72.8 Å². The Bertz CT molecular complexity index is 1300. The maximum atomic E-state index is 12.7. The molecule has 0 aliphatic heterocycles. The third kappa shape index (κ3) is 4.29. The van der Waals surface area contributed by atoms with Crippen molar-refractivity contribution in [3.05, 3.63) is 97.1 Å². The molecule has 0 unspecified atom stereocenters. The number of fused-ring (bicyclic) bond motifs is 1. The molecule has 8 heteroatoms. The van der Waals surface area contributed by atoms with E-state index in [9.17, 15) is 16.8 Å². The Kier molecular flexibility index (Phi) is 5.19. The second-order valence-corrected chi connectivity index (χ2v) is 9.98. The molecule has 0 bridgehead atoms. The molecule has 0 saturated carbocycles. The molecule has 4 rings (SSSR count). The first-order valence-corrected chi connectivity index (χ1v) is 12.0. The van der Waals surface area contributed by atoms with Crippen molar-refractivity contribution in [2.24, 2.45) is 0 Å². The van der Waals surface area contributed by atoms with Crippen LogP contribution in [-0.2, 0) is 20.0 Å². The number of hydrogen-bond acceptors (Lipinski definition) is 4. The predicted octanol–water partition coefficient (Wildman–Crippen LogP) is 4.44. The van der Waals surface area contributed by atoms with Crippen LogP contribution in [0, 0.1) is 0 Å². The second-order valence-electron chi connectivity index (χ2n) is 6.61. The minimum atomic E-state index is -3.82. The molecule has 0 aromatic heterocycles. The van der Waals surface area contributed by atoms with Gasteiger partial charge in [0.1, 0.15) is 0 Å². The summed E-state index contributed by atoms with van der Waals surface area (Å²) in [6.45, 7) is 0. The topological polar surface area (TPSA) is 92.3 Å². The molecule has 0 amide bonds. The van der Waals surface area contributed by atoms with Crippen molar-refractivity contribution in [2.75, 3.05) is 9.44 Å². The maximum Gasteiger partial charge on any atom is 0.261 e. The van der Waals surface area contributed by atoms with Crippen molar-refractivity contribution < 1.29 is 16.8 Å². The van der Waals surface area contributed by atoms with E-state index in [0.717, 1.165) is 5.39 Å². The number of sulfonamides is 2. The van der Waals surface area contributed by atoms with E-state index < -0.39 is 20.0 Å². The van der Waals surface area contributed by atoms with E-state index in [2.05, 4.69) is 9.44 Å². The molecule has 152 valence electrons. The van der Waals surface area contributed by atoms with E-state index in [1.807, 2.05) is 0 Å². The fourth-order valence-electron chi connectivity index (χ4n) is 2.98. The van der Waals surface area contributed by atoms with E-state index in [0.29, 0.717) is 16.8 Å². The molecule has 0 fully saturated rings. The monoisotopic (exact) mass is 438 g/mol. The van der Waals surface area contributed by atoms with Gasteiger partial charge in [0, 0.05) is 11.4 Å². The second kappa shape index (κ2) is 7.81.